The van der Waals surface area contributed by atoms with Gasteiger partial charge in [-0.2, -0.15) is 0 Å². The molecule has 0 bridgehead atoms. The first-order valence-electron chi connectivity index (χ1n) is 5.37. The zero-order chi connectivity index (χ0) is 11.8. The van der Waals surface area contributed by atoms with Crippen LogP contribution in [-0.4, -0.2) is 4.57 Å². The number of halogens is 1. The van der Waals surface area contributed by atoms with Gasteiger partial charge in [0, 0.05) is 10.7 Å². The van der Waals surface area contributed by atoms with E-state index >= 15 is 0 Å². The molecule has 0 atom stereocenters. The summed E-state index contributed by atoms with van der Waals surface area (Å²) in [6.07, 6.45) is 2.04. The Morgan fingerprint density at radius 3 is 2.71 bits per heavy atom. The Kier molecular flexibility index (Phi) is 2.41. The second kappa shape index (κ2) is 3.93. The van der Waals surface area contributed by atoms with Gasteiger partial charge in [0.1, 0.15) is 0 Å². The highest BCUT2D eigenvalue weighted by molar-refractivity contribution is 9.10. The predicted octanol–water partition coefficient (Wildman–Crippen LogP) is 3.98. The molecular formula is C14H11BrN2. The van der Waals surface area contributed by atoms with Crippen molar-refractivity contribution in [2.45, 2.75) is 0 Å². The molecule has 0 aliphatic carbocycles. The number of nitrogen functional groups attached to an aromatic ring is 1. The molecular weight excluding hydrogens is 276 g/mol. The summed E-state index contributed by atoms with van der Waals surface area (Å²) in [7, 11) is 0. The maximum Gasteiger partial charge on any atom is 0.0697 e. The van der Waals surface area contributed by atoms with Gasteiger partial charge in [0.25, 0.3) is 0 Å². The zero-order valence-electron chi connectivity index (χ0n) is 9.10. The summed E-state index contributed by atoms with van der Waals surface area (Å²) in [5, 5.41) is 1.21. The van der Waals surface area contributed by atoms with Crippen molar-refractivity contribution in [2.24, 2.45) is 0 Å². The Labute approximate surface area is 108 Å². The van der Waals surface area contributed by atoms with Gasteiger partial charge in [0.05, 0.1) is 16.9 Å². The molecule has 3 rings (SSSR count). The van der Waals surface area contributed by atoms with Gasteiger partial charge in [-0.1, -0.05) is 34.1 Å². The van der Waals surface area contributed by atoms with E-state index in [0.717, 1.165) is 21.4 Å². The number of hydrogen-bond donors (Lipinski definition) is 1. The lowest BCUT2D eigenvalue weighted by Crippen LogP contribution is -1.98. The number of anilines is 1. The average molecular weight is 287 g/mol. The van der Waals surface area contributed by atoms with Crippen molar-refractivity contribution >= 4 is 32.5 Å². The van der Waals surface area contributed by atoms with Crippen LogP contribution in [0.25, 0.3) is 16.6 Å². The van der Waals surface area contributed by atoms with Gasteiger partial charge in [0.2, 0.25) is 0 Å². The molecule has 0 aliphatic rings. The quantitative estimate of drug-likeness (QED) is 0.674. The first kappa shape index (κ1) is 10.4. The fourth-order valence-corrected chi connectivity index (χ4v) is 2.37. The van der Waals surface area contributed by atoms with Crippen LogP contribution in [0.1, 0.15) is 0 Å². The lowest BCUT2D eigenvalue weighted by atomic mass is 10.2. The molecule has 0 radical (unpaired) electrons. The number of para-hydroxylation sites is 1. The molecule has 3 heteroatoms. The van der Waals surface area contributed by atoms with Crippen LogP contribution in [0.2, 0.25) is 0 Å². The fraction of sp³-hybridized carbons (Fsp3) is 0. The van der Waals surface area contributed by atoms with E-state index in [0.29, 0.717) is 0 Å². The van der Waals surface area contributed by atoms with Crippen molar-refractivity contribution in [1.29, 1.82) is 0 Å². The molecule has 0 amide bonds. The van der Waals surface area contributed by atoms with E-state index in [1.165, 1.54) is 5.39 Å². The minimum absolute atomic E-state index is 0.773. The summed E-state index contributed by atoms with van der Waals surface area (Å²) in [5.74, 6) is 0. The SMILES string of the molecule is Nc1ccc(Br)cc1-n1ccc2ccccc21. The number of benzene rings is 2. The number of hydrogen-bond acceptors (Lipinski definition) is 1. The van der Waals surface area contributed by atoms with Crippen molar-refractivity contribution in [3.05, 3.63) is 59.2 Å². The third-order valence-corrected chi connectivity index (χ3v) is 3.34. The van der Waals surface area contributed by atoms with E-state index in [9.17, 15) is 0 Å². The molecule has 0 spiro atoms. The average Bonchev–Trinajstić information content (AvgIpc) is 2.76. The normalized spacial score (nSPS) is 10.9. The zero-order valence-corrected chi connectivity index (χ0v) is 10.7. The Bertz CT molecular complexity index is 686. The van der Waals surface area contributed by atoms with Crippen molar-refractivity contribution < 1.29 is 0 Å². The molecule has 0 saturated carbocycles. The number of fused-ring (bicyclic) bond motifs is 1. The molecule has 1 heterocycles. The van der Waals surface area contributed by atoms with Crippen LogP contribution in [-0.2, 0) is 0 Å². The van der Waals surface area contributed by atoms with E-state index in [-0.39, 0.29) is 0 Å². The molecule has 2 nitrogen and oxygen atoms in total. The molecule has 1 aromatic heterocycles. The number of rotatable bonds is 1. The predicted molar refractivity (Wildman–Crippen MR) is 75.4 cm³/mol. The topological polar surface area (TPSA) is 30.9 Å². The van der Waals surface area contributed by atoms with Crippen molar-refractivity contribution in [3.63, 3.8) is 0 Å². The maximum absolute atomic E-state index is 6.03. The molecule has 2 aromatic carbocycles. The van der Waals surface area contributed by atoms with Gasteiger partial charge in [-0.25, -0.2) is 0 Å². The van der Waals surface area contributed by atoms with Crippen LogP contribution in [0, 0.1) is 0 Å². The Hall–Kier alpha value is -1.74. The third kappa shape index (κ3) is 1.72. The first-order chi connectivity index (χ1) is 8.25. The van der Waals surface area contributed by atoms with E-state index in [1.807, 2.05) is 36.5 Å². The van der Waals surface area contributed by atoms with Crippen molar-refractivity contribution in [3.8, 4) is 5.69 Å². The Morgan fingerprint density at radius 2 is 1.82 bits per heavy atom. The lowest BCUT2D eigenvalue weighted by molar-refractivity contribution is 1.13. The maximum atomic E-state index is 6.03. The monoisotopic (exact) mass is 286 g/mol. The highest BCUT2D eigenvalue weighted by Gasteiger charge is 2.06. The Balaban J connectivity index is 2.31. The van der Waals surface area contributed by atoms with Gasteiger partial charge in [-0.15, -0.1) is 0 Å². The van der Waals surface area contributed by atoms with Crippen LogP contribution >= 0.6 is 15.9 Å². The largest absolute Gasteiger partial charge is 0.397 e. The molecule has 0 fully saturated rings. The molecule has 2 N–H and O–H groups in total. The summed E-state index contributed by atoms with van der Waals surface area (Å²) >= 11 is 3.48. The Morgan fingerprint density at radius 1 is 1.00 bits per heavy atom. The van der Waals surface area contributed by atoms with Gasteiger partial charge in [-0.3, -0.25) is 0 Å². The molecule has 3 aromatic rings. The van der Waals surface area contributed by atoms with E-state index in [4.69, 9.17) is 5.73 Å². The van der Waals surface area contributed by atoms with Gasteiger partial charge in [0.15, 0.2) is 0 Å². The smallest absolute Gasteiger partial charge is 0.0697 e. The number of nitrogens with zero attached hydrogens (tertiary/aromatic N) is 1. The summed E-state index contributed by atoms with van der Waals surface area (Å²) in [5.41, 5.74) is 8.97. The summed E-state index contributed by atoms with van der Waals surface area (Å²) in [6, 6.07) is 16.2. The van der Waals surface area contributed by atoms with E-state index in [2.05, 4.69) is 38.7 Å². The molecule has 17 heavy (non-hydrogen) atoms. The van der Waals surface area contributed by atoms with Crippen LogP contribution in [0.4, 0.5) is 5.69 Å². The first-order valence-corrected chi connectivity index (χ1v) is 6.16. The van der Waals surface area contributed by atoms with Gasteiger partial charge in [-0.05, 0) is 35.7 Å². The minimum Gasteiger partial charge on any atom is -0.397 e. The summed E-state index contributed by atoms with van der Waals surface area (Å²) in [6.45, 7) is 0. The highest BCUT2D eigenvalue weighted by atomic mass is 79.9. The standard InChI is InChI=1S/C14H11BrN2/c15-11-5-6-12(16)14(9-11)17-8-7-10-3-1-2-4-13(10)17/h1-9H,16H2. The second-order valence-corrected chi connectivity index (χ2v) is 4.86. The molecule has 84 valence electrons. The summed E-state index contributed by atoms with van der Waals surface area (Å²) in [4.78, 5) is 0. The highest BCUT2D eigenvalue weighted by Crippen LogP contribution is 2.26. The van der Waals surface area contributed by atoms with E-state index < -0.39 is 0 Å². The fourth-order valence-electron chi connectivity index (χ4n) is 2.02. The number of nitrogens with two attached hydrogens (primary N) is 1. The van der Waals surface area contributed by atoms with Gasteiger partial charge >= 0.3 is 0 Å². The third-order valence-electron chi connectivity index (χ3n) is 2.85. The summed E-state index contributed by atoms with van der Waals surface area (Å²) < 4.78 is 3.13. The second-order valence-electron chi connectivity index (χ2n) is 3.95. The van der Waals surface area contributed by atoms with E-state index in [1.54, 1.807) is 0 Å². The number of aromatic nitrogens is 1. The van der Waals surface area contributed by atoms with Crippen LogP contribution in [0.15, 0.2) is 59.2 Å². The van der Waals surface area contributed by atoms with Crippen molar-refractivity contribution in [2.75, 3.05) is 5.73 Å². The molecule has 0 aliphatic heterocycles. The molecule has 0 saturated heterocycles. The van der Waals surface area contributed by atoms with Crippen LogP contribution in [0.5, 0.6) is 0 Å². The lowest BCUT2D eigenvalue weighted by Gasteiger charge is -2.09. The molecule has 0 unspecified atom stereocenters. The van der Waals surface area contributed by atoms with Crippen molar-refractivity contribution in [1.82, 2.24) is 4.57 Å². The van der Waals surface area contributed by atoms with Crippen LogP contribution < -0.4 is 5.73 Å². The minimum atomic E-state index is 0.773. The van der Waals surface area contributed by atoms with Gasteiger partial charge < -0.3 is 10.3 Å². The van der Waals surface area contributed by atoms with Crippen LogP contribution in [0.3, 0.4) is 0 Å².